The molecule has 84 heavy (non-hydrogen) atoms. The van der Waals surface area contributed by atoms with Gasteiger partial charge >= 0.3 is 0 Å². The zero-order chi connectivity index (χ0) is 60.7. The fourth-order valence-corrected chi connectivity index (χ4v) is 20.7. The van der Waals surface area contributed by atoms with Crippen LogP contribution in [0.5, 0.6) is 0 Å². The van der Waals surface area contributed by atoms with Crippen LogP contribution in [-0.2, 0) is 21.7 Å². The lowest BCUT2D eigenvalue weighted by Crippen LogP contribution is -2.47. The lowest BCUT2D eigenvalue weighted by atomic mass is 9.80. The summed E-state index contributed by atoms with van der Waals surface area (Å²) in [6, 6.07) is 75.4. The molecule has 0 aliphatic carbocycles. The van der Waals surface area contributed by atoms with Gasteiger partial charge in [-0.2, -0.15) is 0 Å². The zero-order valence-corrected chi connectivity index (χ0v) is 58.7. The molecule has 0 saturated carbocycles. The van der Waals surface area contributed by atoms with E-state index in [0.29, 0.717) is 0 Å². The van der Waals surface area contributed by atoms with Crippen LogP contribution in [0.3, 0.4) is 0 Å². The van der Waals surface area contributed by atoms with Crippen molar-refractivity contribution in [2.75, 3.05) is 9.80 Å². The van der Waals surface area contributed by atoms with Crippen molar-refractivity contribution < 1.29 is 0 Å². The second-order valence-corrected chi connectivity index (χ2v) is 40.0. The quantitative estimate of drug-likeness (QED) is 0.0509. The minimum atomic E-state index is -1.89. The summed E-state index contributed by atoms with van der Waals surface area (Å²) in [5.74, 6) is 0. The molecule has 0 N–H and O–H groups in total. The summed E-state index contributed by atoms with van der Waals surface area (Å²) in [6.07, 6.45) is 0. The number of aryl methyl sites for hydroxylation is 1. The summed E-state index contributed by atoms with van der Waals surface area (Å²) in [6.45, 7) is 45.7. The van der Waals surface area contributed by atoms with Crippen molar-refractivity contribution in [2.45, 2.75) is 189 Å². The van der Waals surface area contributed by atoms with Crippen molar-refractivity contribution in [2.24, 2.45) is 0 Å². The Kier molecular flexibility index (Phi) is 18.3. The molecular formula is C79H100N2Si3. The molecule has 0 heterocycles. The molecule has 0 fully saturated rings. The number of rotatable bonds is 17. The number of nitrogens with zero attached hydrogens (tertiary/aromatic N) is 2. The van der Waals surface area contributed by atoms with E-state index in [9.17, 15) is 0 Å². The predicted molar refractivity (Wildman–Crippen MR) is 384 cm³/mol. The Balaban J connectivity index is 1.59. The summed E-state index contributed by atoms with van der Waals surface area (Å²) in [5.41, 5.74) is 18.6. The molecule has 0 amide bonds. The van der Waals surface area contributed by atoms with Crippen LogP contribution < -0.4 is 25.4 Å². The predicted octanol–water partition coefficient (Wildman–Crippen LogP) is 21.2. The normalized spacial score (nSPS) is 12.8. The monoisotopic (exact) mass is 1160 g/mol. The molecule has 0 saturated heterocycles. The molecule has 0 radical (unpaired) electrons. The van der Waals surface area contributed by atoms with E-state index in [2.05, 4.69) is 311 Å². The fourth-order valence-electron chi connectivity index (χ4n) is 13.1. The highest BCUT2D eigenvalue weighted by Crippen LogP contribution is 2.54. The average Bonchev–Trinajstić information content (AvgIpc) is 0.754. The van der Waals surface area contributed by atoms with E-state index in [0.717, 1.165) is 0 Å². The number of hydrogen-bond donors (Lipinski definition) is 0. The van der Waals surface area contributed by atoms with E-state index >= 15 is 0 Å². The molecule has 9 aromatic carbocycles. The number of benzene rings is 9. The maximum absolute atomic E-state index is 2.78. The van der Waals surface area contributed by atoms with E-state index in [1.807, 2.05) is 0 Å². The molecule has 0 bridgehead atoms. The summed E-state index contributed by atoms with van der Waals surface area (Å²) in [7, 11) is -3.74. The number of fused-ring (bicyclic) bond motifs is 2. The van der Waals surface area contributed by atoms with Crippen molar-refractivity contribution in [3.63, 3.8) is 0 Å². The SMILES string of the molecule is CC[SiH2]c1cc(N(c2cc(C(C)(C)C)cc(C(C)(C)C)c2)c2c3ccc(-c4ccccc4)cc3c(N(c3cc(C)cc([SiH](CC)CC)c3)c3cc(C(C)(C)C)cc(C(C)(C)C)c3)c3ccc(-c4ccccc4)cc23)cc([Si](CC)(CC)CC)c1. The van der Waals surface area contributed by atoms with Gasteiger partial charge in [-0.05, 0) is 139 Å². The first-order valence-electron chi connectivity index (χ1n) is 32.1. The third kappa shape index (κ3) is 12.8. The van der Waals surface area contributed by atoms with Crippen LogP contribution in [0.2, 0.25) is 36.3 Å². The Morgan fingerprint density at radius 1 is 0.381 bits per heavy atom. The van der Waals surface area contributed by atoms with Gasteiger partial charge in [-0.15, -0.1) is 0 Å². The highest BCUT2D eigenvalue weighted by molar-refractivity contribution is 6.92. The van der Waals surface area contributed by atoms with E-state index in [1.54, 1.807) is 15.6 Å². The van der Waals surface area contributed by atoms with Crippen LogP contribution in [0.4, 0.5) is 34.1 Å². The van der Waals surface area contributed by atoms with E-state index in [4.69, 9.17) is 0 Å². The summed E-state index contributed by atoms with van der Waals surface area (Å²) >= 11 is 0. The van der Waals surface area contributed by atoms with Crippen molar-refractivity contribution in [3.05, 3.63) is 198 Å². The second-order valence-electron chi connectivity index (χ2n) is 28.8. The second kappa shape index (κ2) is 24.6. The smallest absolute Gasteiger partial charge is 0.0860 e. The average molecular weight is 1160 g/mol. The molecule has 9 rings (SSSR count). The maximum atomic E-state index is 2.78. The summed E-state index contributed by atoms with van der Waals surface area (Å²) in [4.78, 5) is 5.50. The molecule has 0 unspecified atom stereocenters. The van der Waals surface area contributed by atoms with Crippen LogP contribution in [0.1, 0.15) is 152 Å². The Bertz CT molecular complexity index is 3710. The van der Waals surface area contributed by atoms with E-state index in [-0.39, 0.29) is 21.7 Å². The van der Waals surface area contributed by atoms with E-state index in [1.165, 1.54) is 142 Å². The van der Waals surface area contributed by atoms with Gasteiger partial charge in [-0.25, -0.2) is 0 Å². The van der Waals surface area contributed by atoms with Crippen molar-refractivity contribution in [1.82, 2.24) is 0 Å². The van der Waals surface area contributed by atoms with Gasteiger partial charge < -0.3 is 9.80 Å². The van der Waals surface area contributed by atoms with Crippen LogP contribution in [0.25, 0.3) is 43.8 Å². The first-order chi connectivity index (χ1) is 39.7. The van der Waals surface area contributed by atoms with Gasteiger partial charge in [0.2, 0.25) is 0 Å². The van der Waals surface area contributed by atoms with Crippen LogP contribution >= 0.6 is 0 Å². The zero-order valence-electron chi connectivity index (χ0n) is 55.1. The van der Waals surface area contributed by atoms with Gasteiger partial charge in [-0.3, -0.25) is 0 Å². The van der Waals surface area contributed by atoms with Gasteiger partial charge in [0.1, 0.15) is 0 Å². The van der Waals surface area contributed by atoms with Crippen molar-refractivity contribution in [1.29, 1.82) is 0 Å². The Hall–Kier alpha value is -6.25. The maximum Gasteiger partial charge on any atom is 0.0860 e. The standard InChI is InChI=1S/C79H100N2Si3/c1-20-82-67-50-66(52-69(53-67)84(23-4,24-5)25-6)81(65-48-61(78(14,15)16)45-62(49-65)79(17,18)19)75-71-39-37-57(55-32-28-26-29-33-55)42-72(71)74(70-38-36-58(43-73(70)75)56-34-30-27-31-35-56)80(63-40-54(7)41-68(51-63)83(21-2)22-3)64-46-59(76(8,9)10)44-60(47-64)77(11,12)13/h26-53,83H,20-25,82H2,1-19H3. The fraction of sp³-hybridized carbons (Fsp3) is 0.367. The van der Waals surface area contributed by atoms with Gasteiger partial charge in [-0.1, -0.05) is 286 Å². The highest BCUT2D eigenvalue weighted by Gasteiger charge is 2.34. The molecule has 0 atom stereocenters. The summed E-state index contributed by atoms with van der Waals surface area (Å²) < 4.78 is 0. The lowest BCUT2D eigenvalue weighted by Gasteiger charge is -2.37. The van der Waals surface area contributed by atoms with Crippen LogP contribution in [-0.4, -0.2) is 26.4 Å². The Morgan fingerprint density at radius 3 is 1.14 bits per heavy atom. The molecule has 0 aliphatic rings. The van der Waals surface area contributed by atoms with Gasteiger partial charge in [0.05, 0.1) is 37.8 Å². The van der Waals surface area contributed by atoms with Crippen molar-refractivity contribution in [3.8, 4) is 22.3 Å². The molecule has 0 aromatic heterocycles. The van der Waals surface area contributed by atoms with Gasteiger partial charge in [0, 0.05) is 44.3 Å². The third-order valence-electron chi connectivity index (χ3n) is 18.8. The van der Waals surface area contributed by atoms with Crippen LogP contribution in [0, 0.1) is 6.92 Å². The first kappa shape index (κ1) is 62.3. The molecule has 438 valence electrons. The third-order valence-corrected chi connectivity index (χ3v) is 29.1. The van der Waals surface area contributed by atoms with Gasteiger partial charge in [0.25, 0.3) is 0 Å². The molecule has 2 nitrogen and oxygen atoms in total. The Morgan fingerprint density at radius 2 is 0.774 bits per heavy atom. The highest BCUT2D eigenvalue weighted by atomic mass is 28.3. The topological polar surface area (TPSA) is 6.48 Å². The summed E-state index contributed by atoms with van der Waals surface area (Å²) in [5, 5.41) is 9.68. The molecule has 5 heteroatoms. The van der Waals surface area contributed by atoms with Crippen molar-refractivity contribution >= 4 is 97.6 Å². The molecular weight excluding hydrogens is 1060 g/mol. The minimum absolute atomic E-state index is 0.100. The minimum Gasteiger partial charge on any atom is -0.309 e. The largest absolute Gasteiger partial charge is 0.309 e. The molecule has 0 aliphatic heterocycles. The molecule has 9 aromatic rings. The lowest BCUT2D eigenvalue weighted by molar-refractivity contribution is 0.568. The van der Waals surface area contributed by atoms with E-state index < -0.39 is 26.4 Å². The van der Waals surface area contributed by atoms with Gasteiger partial charge in [0.15, 0.2) is 0 Å². The van der Waals surface area contributed by atoms with Crippen LogP contribution in [0.15, 0.2) is 170 Å². The Labute approximate surface area is 513 Å². The molecule has 0 spiro atoms. The number of hydrogen-bond acceptors (Lipinski definition) is 2. The number of anilines is 6. The first-order valence-corrected chi connectivity index (χ1v) is 38.6.